The van der Waals surface area contributed by atoms with E-state index in [-0.39, 0.29) is 12.3 Å². The molecule has 27 heavy (non-hydrogen) atoms. The number of carbonyl (C=O) groups excluding carboxylic acids is 1. The maximum absolute atomic E-state index is 12.6. The van der Waals surface area contributed by atoms with E-state index in [2.05, 4.69) is 15.2 Å². The van der Waals surface area contributed by atoms with Gasteiger partial charge in [0.1, 0.15) is 5.76 Å². The number of aryl methyl sites for hydroxylation is 1. The Bertz CT molecular complexity index is 914. The Morgan fingerprint density at radius 2 is 2.04 bits per heavy atom. The maximum atomic E-state index is 12.6. The van der Waals surface area contributed by atoms with E-state index in [4.69, 9.17) is 9.15 Å². The molecular weight excluding hydrogens is 362 g/mol. The Morgan fingerprint density at radius 1 is 1.22 bits per heavy atom. The fourth-order valence-corrected chi connectivity index (χ4v) is 3.75. The van der Waals surface area contributed by atoms with Gasteiger partial charge < -0.3 is 19.4 Å². The summed E-state index contributed by atoms with van der Waals surface area (Å²) in [4.78, 5) is 20.3. The van der Waals surface area contributed by atoms with E-state index in [0.717, 1.165) is 29.3 Å². The van der Waals surface area contributed by atoms with Crippen molar-refractivity contribution in [2.45, 2.75) is 13.3 Å². The number of ether oxygens (including phenoxy) is 1. The van der Waals surface area contributed by atoms with Crippen LogP contribution in [0.1, 0.15) is 11.5 Å². The summed E-state index contributed by atoms with van der Waals surface area (Å²) >= 11 is 1.56. The molecule has 0 spiro atoms. The first-order chi connectivity index (χ1) is 13.2. The molecule has 1 amide bonds. The van der Waals surface area contributed by atoms with Gasteiger partial charge in [-0.1, -0.05) is 18.2 Å². The fraction of sp³-hybridized carbons (Fsp3) is 0.300. The van der Waals surface area contributed by atoms with E-state index >= 15 is 0 Å². The molecule has 1 fully saturated rings. The lowest BCUT2D eigenvalue weighted by Crippen LogP contribution is -2.36. The van der Waals surface area contributed by atoms with Gasteiger partial charge in [-0.05, 0) is 30.5 Å². The van der Waals surface area contributed by atoms with Crippen LogP contribution < -0.4 is 10.2 Å². The van der Waals surface area contributed by atoms with Crippen molar-refractivity contribution in [1.82, 2.24) is 4.98 Å². The summed E-state index contributed by atoms with van der Waals surface area (Å²) in [6.45, 7) is 4.88. The van der Waals surface area contributed by atoms with E-state index in [9.17, 15) is 4.79 Å². The highest BCUT2D eigenvalue weighted by molar-refractivity contribution is 7.13. The first kappa shape index (κ1) is 17.8. The number of morpholine rings is 1. The number of para-hydroxylation sites is 2. The average molecular weight is 383 g/mol. The molecular formula is C20H21N3O3S. The lowest BCUT2D eigenvalue weighted by atomic mass is 10.2. The Morgan fingerprint density at radius 3 is 2.81 bits per heavy atom. The van der Waals surface area contributed by atoms with Crippen LogP contribution in [0.2, 0.25) is 0 Å². The van der Waals surface area contributed by atoms with Crippen LogP contribution in [0.15, 0.2) is 46.2 Å². The number of anilines is 2. The normalized spacial score (nSPS) is 14.3. The highest BCUT2D eigenvalue weighted by atomic mass is 32.1. The molecule has 0 bridgehead atoms. The number of thiophene rings is 1. The molecule has 0 unspecified atom stereocenters. The number of benzene rings is 1. The summed E-state index contributed by atoms with van der Waals surface area (Å²) in [6, 6.07) is 11.8. The molecule has 3 aromatic rings. The summed E-state index contributed by atoms with van der Waals surface area (Å²) in [5.74, 6) is 1.14. The molecule has 7 heteroatoms. The van der Waals surface area contributed by atoms with Crippen molar-refractivity contribution in [2.24, 2.45) is 0 Å². The number of nitrogens with zero attached hydrogens (tertiary/aromatic N) is 2. The second-order valence-electron chi connectivity index (χ2n) is 6.34. The molecule has 2 aromatic heterocycles. The van der Waals surface area contributed by atoms with Crippen LogP contribution in [0.4, 0.5) is 11.4 Å². The molecule has 1 aliphatic rings. The number of nitrogens with one attached hydrogen (secondary N) is 1. The molecule has 1 N–H and O–H groups in total. The number of carbonyl (C=O) groups is 1. The maximum Gasteiger partial charge on any atom is 0.236 e. The van der Waals surface area contributed by atoms with Crippen molar-refractivity contribution in [2.75, 3.05) is 36.5 Å². The molecule has 0 saturated carbocycles. The van der Waals surface area contributed by atoms with Crippen LogP contribution in [-0.2, 0) is 16.0 Å². The number of hydrogen-bond acceptors (Lipinski definition) is 6. The van der Waals surface area contributed by atoms with Crippen molar-refractivity contribution in [3.05, 3.63) is 53.2 Å². The van der Waals surface area contributed by atoms with Crippen LogP contribution >= 0.6 is 11.3 Å². The Balaban J connectivity index is 1.47. The zero-order valence-electron chi connectivity index (χ0n) is 15.1. The molecule has 0 aliphatic carbocycles. The standard InChI is InChI=1S/C20H21N3O3S/c1-14-16(22-20(26-14)18-7-4-12-27-18)13-19(24)21-15-5-2-3-6-17(15)23-8-10-25-11-9-23/h2-7,12H,8-11,13H2,1H3,(H,21,24). The van der Waals surface area contributed by atoms with Crippen LogP contribution in [0.5, 0.6) is 0 Å². The second kappa shape index (κ2) is 7.94. The van der Waals surface area contributed by atoms with Gasteiger partial charge in [0.25, 0.3) is 0 Å². The van der Waals surface area contributed by atoms with E-state index in [0.29, 0.717) is 30.6 Å². The smallest absolute Gasteiger partial charge is 0.236 e. The summed E-state index contributed by atoms with van der Waals surface area (Å²) in [5.41, 5.74) is 2.49. The van der Waals surface area contributed by atoms with Gasteiger partial charge in [-0.2, -0.15) is 0 Å². The highest BCUT2D eigenvalue weighted by Crippen LogP contribution is 2.28. The summed E-state index contributed by atoms with van der Waals surface area (Å²) < 4.78 is 11.1. The second-order valence-corrected chi connectivity index (χ2v) is 7.29. The van der Waals surface area contributed by atoms with Gasteiger partial charge in [-0.3, -0.25) is 4.79 Å². The van der Waals surface area contributed by atoms with Gasteiger partial charge in [-0.15, -0.1) is 11.3 Å². The van der Waals surface area contributed by atoms with Crippen LogP contribution in [-0.4, -0.2) is 37.2 Å². The molecule has 140 valence electrons. The molecule has 1 aliphatic heterocycles. The SMILES string of the molecule is Cc1oc(-c2cccs2)nc1CC(=O)Nc1ccccc1N1CCOCC1. The quantitative estimate of drug-likeness (QED) is 0.727. The van der Waals surface area contributed by atoms with Crippen LogP contribution in [0, 0.1) is 6.92 Å². The van der Waals surface area contributed by atoms with E-state index in [1.807, 2.05) is 48.7 Å². The Labute approximate surface area is 161 Å². The minimum atomic E-state index is -0.107. The molecule has 4 rings (SSSR count). The minimum absolute atomic E-state index is 0.107. The predicted molar refractivity (Wildman–Crippen MR) is 106 cm³/mol. The summed E-state index contributed by atoms with van der Waals surface area (Å²) in [7, 11) is 0. The third-order valence-corrected chi connectivity index (χ3v) is 5.34. The van der Waals surface area contributed by atoms with Gasteiger partial charge in [0.2, 0.25) is 11.8 Å². The number of hydrogen-bond donors (Lipinski definition) is 1. The number of oxazole rings is 1. The average Bonchev–Trinajstić information content (AvgIpc) is 3.33. The monoisotopic (exact) mass is 383 g/mol. The zero-order valence-corrected chi connectivity index (χ0v) is 15.9. The first-order valence-electron chi connectivity index (χ1n) is 8.92. The van der Waals surface area contributed by atoms with Gasteiger partial charge in [0.15, 0.2) is 0 Å². The van der Waals surface area contributed by atoms with Crippen molar-refractivity contribution in [1.29, 1.82) is 0 Å². The van der Waals surface area contributed by atoms with Gasteiger partial charge in [0.05, 0.1) is 41.6 Å². The molecule has 3 heterocycles. The third kappa shape index (κ3) is 4.04. The van der Waals surface area contributed by atoms with E-state index in [1.54, 1.807) is 11.3 Å². The third-order valence-electron chi connectivity index (χ3n) is 4.48. The van der Waals surface area contributed by atoms with Crippen molar-refractivity contribution >= 4 is 28.6 Å². The molecule has 1 aromatic carbocycles. The molecule has 0 radical (unpaired) electrons. The Hall–Kier alpha value is -2.64. The first-order valence-corrected chi connectivity index (χ1v) is 9.80. The predicted octanol–water partition coefficient (Wildman–Crippen LogP) is 3.73. The van der Waals surface area contributed by atoms with Crippen molar-refractivity contribution < 1.29 is 13.9 Å². The van der Waals surface area contributed by atoms with E-state index < -0.39 is 0 Å². The molecule has 0 atom stereocenters. The topological polar surface area (TPSA) is 67.6 Å². The highest BCUT2D eigenvalue weighted by Gasteiger charge is 2.18. The van der Waals surface area contributed by atoms with Gasteiger partial charge in [0, 0.05) is 13.1 Å². The van der Waals surface area contributed by atoms with Crippen LogP contribution in [0.25, 0.3) is 10.8 Å². The molecule has 6 nitrogen and oxygen atoms in total. The summed E-state index contributed by atoms with van der Waals surface area (Å²) in [5, 5.41) is 5.00. The molecule has 1 saturated heterocycles. The summed E-state index contributed by atoms with van der Waals surface area (Å²) in [6.07, 6.45) is 0.179. The number of rotatable bonds is 5. The minimum Gasteiger partial charge on any atom is -0.440 e. The van der Waals surface area contributed by atoms with Crippen molar-refractivity contribution in [3.8, 4) is 10.8 Å². The van der Waals surface area contributed by atoms with Crippen molar-refractivity contribution in [3.63, 3.8) is 0 Å². The number of amides is 1. The van der Waals surface area contributed by atoms with Crippen LogP contribution in [0.3, 0.4) is 0 Å². The lowest BCUT2D eigenvalue weighted by Gasteiger charge is -2.30. The van der Waals surface area contributed by atoms with E-state index in [1.165, 1.54) is 0 Å². The van der Waals surface area contributed by atoms with Gasteiger partial charge >= 0.3 is 0 Å². The Kier molecular flexibility index (Phi) is 5.22. The lowest BCUT2D eigenvalue weighted by molar-refractivity contribution is -0.115. The number of aromatic nitrogens is 1. The largest absolute Gasteiger partial charge is 0.440 e. The zero-order chi connectivity index (χ0) is 18.6. The fourth-order valence-electron chi connectivity index (χ4n) is 3.10. The van der Waals surface area contributed by atoms with Gasteiger partial charge in [-0.25, -0.2) is 4.98 Å².